The molecule has 3 rings (SSSR count). The predicted molar refractivity (Wildman–Crippen MR) is 89.9 cm³/mol. The summed E-state index contributed by atoms with van der Waals surface area (Å²) in [4.78, 5) is 10.0. The first-order valence-electron chi connectivity index (χ1n) is 7.46. The van der Waals surface area contributed by atoms with Crippen molar-refractivity contribution in [2.75, 3.05) is 13.3 Å². The van der Waals surface area contributed by atoms with E-state index < -0.39 is 31.8 Å². The number of hydrogen-bond donors (Lipinski definition) is 1. The van der Waals surface area contributed by atoms with E-state index in [0.717, 1.165) is 0 Å². The van der Waals surface area contributed by atoms with Gasteiger partial charge in [-0.05, 0) is 19.4 Å². The molecule has 5 nitrogen and oxygen atoms in total. The number of hydrogen-bond acceptors (Lipinski definition) is 4. The molecule has 0 fully saturated rings. The quantitative estimate of drug-likeness (QED) is 0.532. The third kappa shape index (κ3) is 3.44. The Balaban J connectivity index is 2.11. The Morgan fingerprint density at radius 1 is 1.23 bits per heavy atom. The summed E-state index contributed by atoms with van der Waals surface area (Å²) < 4.78 is 68.5. The topological polar surface area (TPSA) is 67.9 Å². The van der Waals surface area contributed by atoms with Crippen molar-refractivity contribution in [3.05, 3.63) is 36.4 Å². The molecule has 0 saturated carbocycles. The van der Waals surface area contributed by atoms with E-state index in [9.17, 15) is 22.1 Å². The molecule has 0 bridgehead atoms. The molecule has 0 spiro atoms. The number of para-hydroxylation sites is 1. The maximum absolute atomic E-state index is 14.2. The molecule has 138 valence electrons. The van der Waals surface area contributed by atoms with Gasteiger partial charge < -0.3 is 14.3 Å². The number of fused-ring (bicyclic) bond motifs is 1. The second-order valence-corrected chi connectivity index (χ2v) is 9.09. The van der Waals surface area contributed by atoms with Crippen molar-refractivity contribution in [2.24, 2.45) is 0 Å². The zero-order chi connectivity index (χ0) is 19.1. The molecule has 0 amide bonds. The van der Waals surface area contributed by atoms with Gasteiger partial charge in [-0.3, -0.25) is 0 Å². The molecule has 0 saturated heterocycles. The molecule has 10 heteroatoms. The number of H-pyrrole nitrogens is 1. The first kappa shape index (κ1) is 18.4. The number of nitrogens with one attached hydrogen (secondary N) is 1. The standard InChI is InChI=1S/C16H14F4N3O2P/c1-26(2,24)11-5-3-4-8-9(6-21-13(8)11)12-10(17)7-22-16(23-12)25-15(20)14(18)19/h3-7,14-15,21H,1-2H3. The van der Waals surface area contributed by atoms with Gasteiger partial charge in [-0.15, -0.1) is 0 Å². The van der Waals surface area contributed by atoms with Gasteiger partial charge >= 0.3 is 18.8 Å². The molecule has 1 unspecified atom stereocenters. The first-order chi connectivity index (χ1) is 12.2. The molecule has 2 heterocycles. The second-order valence-electron chi connectivity index (χ2n) is 5.91. The third-order valence-electron chi connectivity index (χ3n) is 3.67. The van der Waals surface area contributed by atoms with Crippen molar-refractivity contribution in [1.29, 1.82) is 0 Å². The van der Waals surface area contributed by atoms with E-state index >= 15 is 0 Å². The molecule has 0 aliphatic rings. The van der Waals surface area contributed by atoms with Crippen LogP contribution in [0.1, 0.15) is 0 Å². The molecule has 2 aromatic heterocycles. The van der Waals surface area contributed by atoms with Crippen molar-refractivity contribution in [3.63, 3.8) is 0 Å². The Morgan fingerprint density at radius 3 is 2.62 bits per heavy atom. The van der Waals surface area contributed by atoms with Crippen LogP contribution in [0.3, 0.4) is 0 Å². The Kier molecular flexibility index (Phi) is 4.75. The molecule has 0 aliphatic heterocycles. The van der Waals surface area contributed by atoms with Gasteiger partial charge in [0.2, 0.25) is 0 Å². The monoisotopic (exact) mass is 387 g/mol. The van der Waals surface area contributed by atoms with Gasteiger partial charge in [0.25, 0.3) is 0 Å². The highest BCUT2D eigenvalue weighted by atomic mass is 31.2. The van der Waals surface area contributed by atoms with Crippen molar-refractivity contribution in [1.82, 2.24) is 15.0 Å². The fraction of sp³-hybridized carbons (Fsp3) is 0.250. The maximum Gasteiger partial charge on any atom is 0.319 e. The van der Waals surface area contributed by atoms with Gasteiger partial charge in [0.1, 0.15) is 12.8 Å². The number of alkyl halides is 3. The summed E-state index contributed by atoms with van der Waals surface area (Å²) >= 11 is 0. The summed E-state index contributed by atoms with van der Waals surface area (Å²) in [7, 11) is -2.61. The number of aromatic amines is 1. The van der Waals surface area contributed by atoms with Gasteiger partial charge in [0, 0.05) is 22.5 Å². The van der Waals surface area contributed by atoms with E-state index in [1.807, 2.05) is 0 Å². The molecule has 1 atom stereocenters. The van der Waals surface area contributed by atoms with Crippen LogP contribution in [-0.4, -0.2) is 41.1 Å². The first-order valence-corrected chi connectivity index (χ1v) is 10.1. The van der Waals surface area contributed by atoms with E-state index in [1.165, 1.54) is 6.20 Å². The summed E-state index contributed by atoms with van der Waals surface area (Å²) in [5.74, 6) is -0.840. The van der Waals surface area contributed by atoms with Gasteiger partial charge in [0.15, 0.2) is 5.82 Å². The smallest absolute Gasteiger partial charge is 0.319 e. The minimum Gasteiger partial charge on any atom is -0.422 e. The maximum atomic E-state index is 14.2. The molecule has 0 aliphatic carbocycles. The summed E-state index contributed by atoms with van der Waals surface area (Å²) in [5, 5.41) is 1.11. The Hall–Kier alpha value is -2.41. The SMILES string of the molecule is CP(C)(=O)c1cccc2c(-c3nc(OC(F)C(F)F)ncc3F)c[nH]c12. The van der Waals surface area contributed by atoms with Crippen molar-refractivity contribution >= 4 is 23.3 Å². The zero-order valence-corrected chi connectivity index (χ0v) is 14.6. The molecular formula is C16H14F4N3O2P. The Bertz CT molecular complexity index is 1000. The number of rotatable bonds is 5. The Labute approximate surface area is 145 Å². The van der Waals surface area contributed by atoms with Crippen LogP contribution in [0, 0.1) is 5.82 Å². The van der Waals surface area contributed by atoms with Gasteiger partial charge in [-0.1, -0.05) is 12.1 Å². The van der Waals surface area contributed by atoms with Crippen LogP contribution < -0.4 is 10.0 Å². The van der Waals surface area contributed by atoms with Crippen LogP contribution in [0.25, 0.3) is 22.2 Å². The van der Waals surface area contributed by atoms with Gasteiger partial charge in [-0.25, -0.2) is 18.2 Å². The molecule has 1 aromatic carbocycles. The van der Waals surface area contributed by atoms with Crippen LogP contribution in [0.5, 0.6) is 6.01 Å². The van der Waals surface area contributed by atoms with Crippen LogP contribution in [0.4, 0.5) is 17.6 Å². The highest BCUT2D eigenvalue weighted by molar-refractivity contribution is 7.70. The third-order valence-corrected chi connectivity index (χ3v) is 5.20. The lowest BCUT2D eigenvalue weighted by Gasteiger charge is -2.10. The van der Waals surface area contributed by atoms with E-state index in [0.29, 0.717) is 22.4 Å². The van der Waals surface area contributed by atoms with E-state index in [1.54, 1.807) is 31.5 Å². The molecule has 0 radical (unpaired) electrons. The highest BCUT2D eigenvalue weighted by Crippen LogP contribution is 2.39. The lowest BCUT2D eigenvalue weighted by Crippen LogP contribution is -2.20. The fourth-order valence-electron chi connectivity index (χ4n) is 2.53. The van der Waals surface area contributed by atoms with Crippen molar-refractivity contribution < 1.29 is 26.9 Å². The Morgan fingerprint density at radius 2 is 1.96 bits per heavy atom. The minimum atomic E-state index is -3.38. The number of halogens is 4. The van der Waals surface area contributed by atoms with Crippen LogP contribution in [0.2, 0.25) is 0 Å². The van der Waals surface area contributed by atoms with E-state index in [2.05, 4.69) is 19.7 Å². The molecular weight excluding hydrogens is 373 g/mol. The zero-order valence-electron chi connectivity index (χ0n) is 13.7. The second kappa shape index (κ2) is 6.72. The summed E-state index contributed by atoms with van der Waals surface area (Å²) in [5.41, 5.74) is 0.585. The van der Waals surface area contributed by atoms with Crippen molar-refractivity contribution in [3.8, 4) is 17.3 Å². The normalized spacial score (nSPS) is 13.3. The van der Waals surface area contributed by atoms with Crippen LogP contribution in [0.15, 0.2) is 30.6 Å². The van der Waals surface area contributed by atoms with Crippen LogP contribution in [-0.2, 0) is 4.57 Å². The van der Waals surface area contributed by atoms with E-state index in [-0.39, 0.29) is 11.3 Å². The number of benzene rings is 1. The number of ether oxygens (including phenoxy) is 1. The summed E-state index contributed by atoms with van der Waals surface area (Å²) in [6, 6.07) is 4.32. The number of nitrogens with zero attached hydrogens (tertiary/aromatic N) is 2. The fourth-order valence-corrected chi connectivity index (χ4v) is 3.70. The van der Waals surface area contributed by atoms with Gasteiger partial charge in [0.05, 0.1) is 11.7 Å². The predicted octanol–water partition coefficient (Wildman–Crippen LogP) is 3.95. The molecule has 26 heavy (non-hydrogen) atoms. The number of aromatic nitrogens is 3. The lowest BCUT2D eigenvalue weighted by molar-refractivity contribution is -0.0713. The summed E-state index contributed by atoms with van der Waals surface area (Å²) in [6.07, 6.45) is -4.15. The average Bonchev–Trinajstić information content (AvgIpc) is 2.99. The molecule has 3 aromatic rings. The lowest BCUT2D eigenvalue weighted by atomic mass is 10.1. The molecule has 1 N–H and O–H groups in total. The average molecular weight is 387 g/mol. The van der Waals surface area contributed by atoms with Gasteiger partial charge in [-0.2, -0.15) is 9.37 Å². The highest BCUT2D eigenvalue weighted by Gasteiger charge is 2.24. The summed E-state index contributed by atoms with van der Waals surface area (Å²) in [6.45, 7) is 3.20. The van der Waals surface area contributed by atoms with E-state index in [4.69, 9.17) is 0 Å². The van der Waals surface area contributed by atoms with Crippen LogP contribution >= 0.6 is 7.14 Å². The minimum absolute atomic E-state index is 0.248. The van der Waals surface area contributed by atoms with Crippen molar-refractivity contribution in [2.45, 2.75) is 12.8 Å². The largest absolute Gasteiger partial charge is 0.422 e.